The molecule has 1 aromatic rings. The number of hydrogen-bond donors (Lipinski definition) is 2. The fourth-order valence-corrected chi connectivity index (χ4v) is 1.77. The molecule has 2 N–H and O–H groups in total. The van der Waals surface area contributed by atoms with E-state index in [4.69, 9.17) is 5.11 Å². The van der Waals surface area contributed by atoms with Crippen molar-refractivity contribution in [2.24, 2.45) is 0 Å². The van der Waals surface area contributed by atoms with Crippen LogP contribution in [0, 0.1) is 11.6 Å². The molecule has 0 aromatic heterocycles. The molecule has 1 unspecified atom stereocenters. The molecule has 2 rings (SSSR count). The lowest BCUT2D eigenvalue weighted by Crippen LogP contribution is -2.08. The lowest BCUT2D eigenvalue weighted by atomic mass is 9.98. The highest BCUT2D eigenvalue weighted by Crippen LogP contribution is 2.28. The molecule has 76 valence electrons. The molecule has 2 nitrogen and oxygen atoms in total. The molecule has 0 spiro atoms. The molecule has 1 atom stereocenters. The third-order valence-electron chi connectivity index (χ3n) is 2.56. The van der Waals surface area contributed by atoms with Crippen molar-refractivity contribution in [3.63, 3.8) is 0 Å². The summed E-state index contributed by atoms with van der Waals surface area (Å²) in [4.78, 5) is 0. The van der Waals surface area contributed by atoms with E-state index in [-0.39, 0.29) is 5.92 Å². The highest BCUT2D eigenvalue weighted by atomic mass is 19.2. The molecule has 0 radical (unpaired) electrons. The van der Waals surface area contributed by atoms with E-state index in [1.54, 1.807) is 0 Å². The number of rotatable bonds is 1. The van der Waals surface area contributed by atoms with Gasteiger partial charge in [0.1, 0.15) is 0 Å². The van der Waals surface area contributed by atoms with E-state index < -0.39 is 17.4 Å². The van der Waals surface area contributed by atoms with Gasteiger partial charge in [-0.25, -0.2) is 4.39 Å². The Hall–Kier alpha value is -1.16. The third kappa shape index (κ3) is 1.57. The summed E-state index contributed by atoms with van der Waals surface area (Å²) in [6.45, 7) is 1.63. The number of phenolic OH excluding ortho intramolecular Hbond substituents is 1. The van der Waals surface area contributed by atoms with E-state index in [0.29, 0.717) is 5.56 Å². The fraction of sp³-hybridized carbons (Fsp3) is 0.400. The number of benzene rings is 1. The standard InChI is InChI=1S/C10H11F2NO/c11-8-3-7(4-9(14)10(8)12)6-1-2-13-5-6/h3-4,6,13-14H,1-2,5H2. The van der Waals surface area contributed by atoms with Crippen LogP contribution in [0.15, 0.2) is 12.1 Å². The fourth-order valence-electron chi connectivity index (χ4n) is 1.77. The maximum absolute atomic E-state index is 12.9. The van der Waals surface area contributed by atoms with Gasteiger partial charge in [0, 0.05) is 6.54 Å². The molecule has 4 heteroatoms. The van der Waals surface area contributed by atoms with Crippen LogP contribution < -0.4 is 5.32 Å². The van der Waals surface area contributed by atoms with Crippen LogP contribution in [0.2, 0.25) is 0 Å². The van der Waals surface area contributed by atoms with Gasteiger partial charge in [0.15, 0.2) is 17.4 Å². The topological polar surface area (TPSA) is 32.3 Å². The molecule has 1 fully saturated rings. The molecule has 1 aliphatic rings. The summed E-state index contributed by atoms with van der Waals surface area (Å²) in [5, 5.41) is 12.2. The highest BCUT2D eigenvalue weighted by Gasteiger charge is 2.19. The quantitative estimate of drug-likeness (QED) is 0.722. The maximum atomic E-state index is 12.9. The Labute approximate surface area is 80.6 Å². The zero-order valence-electron chi connectivity index (χ0n) is 7.56. The normalized spacial score (nSPS) is 21.4. The molecular weight excluding hydrogens is 188 g/mol. The minimum atomic E-state index is -1.17. The van der Waals surface area contributed by atoms with E-state index in [2.05, 4.69) is 5.32 Å². The van der Waals surface area contributed by atoms with E-state index in [1.807, 2.05) is 0 Å². The first-order valence-corrected chi connectivity index (χ1v) is 4.57. The summed E-state index contributed by atoms with van der Waals surface area (Å²) in [6.07, 6.45) is 0.893. The smallest absolute Gasteiger partial charge is 0.200 e. The van der Waals surface area contributed by atoms with Crippen molar-refractivity contribution in [3.05, 3.63) is 29.3 Å². The molecule has 14 heavy (non-hydrogen) atoms. The minimum Gasteiger partial charge on any atom is -0.505 e. The maximum Gasteiger partial charge on any atom is 0.200 e. The van der Waals surface area contributed by atoms with E-state index in [9.17, 15) is 8.78 Å². The summed E-state index contributed by atoms with van der Waals surface area (Å²) in [6, 6.07) is 2.46. The zero-order valence-corrected chi connectivity index (χ0v) is 7.56. The zero-order chi connectivity index (χ0) is 10.1. The Balaban J connectivity index is 2.34. The summed E-state index contributed by atoms with van der Waals surface area (Å²) >= 11 is 0. The van der Waals surface area contributed by atoms with E-state index >= 15 is 0 Å². The van der Waals surface area contributed by atoms with E-state index in [0.717, 1.165) is 25.6 Å². The summed E-state index contributed by atoms with van der Waals surface area (Å²) in [5.41, 5.74) is 0.659. The molecule has 1 aromatic carbocycles. The molecule has 0 aliphatic carbocycles. The number of nitrogens with one attached hydrogen (secondary N) is 1. The van der Waals surface area contributed by atoms with Gasteiger partial charge in [-0.1, -0.05) is 0 Å². The van der Waals surface area contributed by atoms with Crippen molar-refractivity contribution < 1.29 is 13.9 Å². The predicted octanol–water partition coefficient (Wildman–Crippen LogP) is 1.75. The van der Waals surface area contributed by atoms with Gasteiger partial charge in [-0.15, -0.1) is 0 Å². The molecule has 0 amide bonds. The Morgan fingerprint density at radius 2 is 2.14 bits per heavy atom. The summed E-state index contributed by atoms with van der Waals surface area (Å²) in [5.74, 6) is -2.57. The number of aromatic hydroxyl groups is 1. The van der Waals surface area contributed by atoms with Gasteiger partial charge in [0.2, 0.25) is 0 Å². The second kappa shape index (κ2) is 3.53. The molecule has 0 bridgehead atoms. The van der Waals surface area contributed by atoms with Gasteiger partial charge in [-0.05, 0) is 36.6 Å². The second-order valence-electron chi connectivity index (χ2n) is 3.53. The van der Waals surface area contributed by atoms with Crippen LogP contribution in [0.4, 0.5) is 8.78 Å². The van der Waals surface area contributed by atoms with Gasteiger partial charge in [0.25, 0.3) is 0 Å². The second-order valence-corrected chi connectivity index (χ2v) is 3.53. The monoisotopic (exact) mass is 199 g/mol. The number of halogens is 2. The van der Waals surface area contributed by atoms with Crippen molar-refractivity contribution in [2.75, 3.05) is 13.1 Å². The largest absolute Gasteiger partial charge is 0.505 e. The van der Waals surface area contributed by atoms with Crippen LogP contribution in [-0.2, 0) is 0 Å². The van der Waals surface area contributed by atoms with Gasteiger partial charge in [-0.3, -0.25) is 0 Å². The Morgan fingerprint density at radius 3 is 2.71 bits per heavy atom. The van der Waals surface area contributed by atoms with Crippen LogP contribution in [-0.4, -0.2) is 18.2 Å². The average Bonchev–Trinajstić information content (AvgIpc) is 2.66. The van der Waals surface area contributed by atoms with Gasteiger partial charge in [-0.2, -0.15) is 4.39 Å². The first-order valence-electron chi connectivity index (χ1n) is 4.57. The molecule has 0 saturated carbocycles. The highest BCUT2D eigenvalue weighted by molar-refractivity contribution is 5.33. The molecule has 1 heterocycles. The van der Waals surface area contributed by atoms with E-state index in [1.165, 1.54) is 6.07 Å². The van der Waals surface area contributed by atoms with Crippen molar-refractivity contribution in [1.29, 1.82) is 0 Å². The van der Waals surface area contributed by atoms with Crippen molar-refractivity contribution in [1.82, 2.24) is 5.32 Å². The summed E-state index contributed by atoms with van der Waals surface area (Å²) < 4.78 is 25.7. The first kappa shape index (κ1) is 9.40. The van der Waals surface area contributed by atoms with Crippen LogP contribution in [0.5, 0.6) is 5.75 Å². The van der Waals surface area contributed by atoms with Crippen molar-refractivity contribution >= 4 is 0 Å². The van der Waals surface area contributed by atoms with Crippen molar-refractivity contribution in [3.8, 4) is 5.75 Å². The lowest BCUT2D eigenvalue weighted by molar-refractivity contribution is 0.405. The first-order chi connectivity index (χ1) is 6.68. The van der Waals surface area contributed by atoms with Crippen LogP contribution in [0.1, 0.15) is 17.9 Å². The van der Waals surface area contributed by atoms with Crippen LogP contribution >= 0.6 is 0 Å². The SMILES string of the molecule is Oc1cc(C2CCNC2)cc(F)c1F. The number of hydrogen-bond acceptors (Lipinski definition) is 2. The Morgan fingerprint density at radius 1 is 1.36 bits per heavy atom. The van der Waals surface area contributed by atoms with Gasteiger partial charge >= 0.3 is 0 Å². The Kier molecular flexibility index (Phi) is 2.37. The summed E-state index contributed by atoms with van der Waals surface area (Å²) in [7, 11) is 0. The molecule has 1 saturated heterocycles. The average molecular weight is 199 g/mol. The van der Waals surface area contributed by atoms with Crippen molar-refractivity contribution in [2.45, 2.75) is 12.3 Å². The molecule has 1 aliphatic heterocycles. The Bertz CT molecular complexity index is 325. The van der Waals surface area contributed by atoms with Crippen LogP contribution in [0.3, 0.4) is 0 Å². The predicted molar refractivity (Wildman–Crippen MR) is 48.3 cm³/mol. The van der Waals surface area contributed by atoms with Gasteiger partial charge < -0.3 is 10.4 Å². The lowest BCUT2D eigenvalue weighted by Gasteiger charge is -2.09. The number of phenols is 1. The third-order valence-corrected chi connectivity index (χ3v) is 2.56. The van der Waals surface area contributed by atoms with Crippen LogP contribution in [0.25, 0.3) is 0 Å². The van der Waals surface area contributed by atoms with Gasteiger partial charge in [0.05, 0.1) is 0 Å². The molecular formula is C10H11F2NO. The minimum absolute atomic E-state index is 0.177.